The van der Waals surface area contributed by atoms with Crippen LogP contribution in [0.25, 0.3) is 6.08 Å². The highest BCUT2D eigenvalue weighted by atomic mass is 79.9. The van der Waals surface area contributed by atoms with Crippen molar-refractivity contribution < 1.29 is 28.9 Å². The number of hydrogen-bond donors (Lipinski definition) is 1. The van der Waals surface area contributed by atoms with Crippen LogP contribution in [-0.2, 0) is 11.3 Å². The van der Waals surface area contributed by atoms with Crippen LogP contribution >= 0.6 is 39.3 Å². The zero-order valence-corrected chi connectivity index (χ0v) is 18.1. The number of amides is 2. The van der Waals surface area contributed by atoms with Crippen LogP contribution in [0.15, 0.2) is 33.6 Å². The molecule has 0 aliphatic carbocycles. The number of phenolic OH excluding ortho intramolecular Hbond substituents is 1. The summed E-state index contributed by atoms with van der Waals surface area (Å²) in [5, 5.41) is 9.89. The third kappa shape index (κ3) is 3.77. The van der Waals surface area contributed by atoms with E-state index in [4.69, 9.17) is 25.8 Å². The first-order valence-electron chi connectivity index (χ1n) is 8.27. The topological polar surface area (TPSA) is 85.3 Å². The van der Waals surface area contributed by atoms with Gasteiger partial charge in [0, 0.05) is 11.1 Å². The van der Waals surface area contributed by atoms with Crippen molar-refractivity contribution in [3.63, 3.8) is 0 Å². The first-order chi connectivity index (χ1) is 13.9. The molecule has 0 unspecified atom stereocenters. The number of methoxy groups -OCH3 is 1. The standard InChI is InChI=1S/C19H13BrClNO6S/c1-26-15-3-9(2-11(20)17(15)23)4-16-18(24)22(19(25)29-16)7-10-5-13-14(6-12(10)21)28-8-27-13/h2-6,23H,7-8H2,1H3/b16-4-. The van der Waals surface area contributed by atoms with Crippen LogP contribution in [0.3, 0.4) is 0 Å². The Hall–Kier alpha value is -2.36. The minimum absolute atomic E-state index is 0.0140. The Morgan fingerprint density at radius 1 is 1.28 bits per heavy atom. The van der Waals surface area contributed by atoms with Gasteiger partial charge in [0.05, 0.1) is 23.0 Å². The second-order valence-corrected chi connectivity index (χ2v) is 8.37. The van der Waals surface area contributed by atoms with Gasteiger partial charge in [0.1, 0.15) is 0 Å². The fourth-order valence-electron chi connectivity index (χ4n) is 2.87. The molecule has 29 heavy (non-hydrogen) atoms. The number of aromatic hydroxyl groups is 1. The van der Waals surface area contributed by atoms with E-state index in [9.17, 15) is 14.7 Å². The molecular formula is C19H13BrClNO6S. The molecule has 2 aliphatic heterocycles. The average Bonchev–Trinajstić information content (AvgIpc) is 3.23. The van der Waals surface area contributed by atoms with Gasteiger partial charge in [-0.2, -0.15) is 0 Å². The number of rotatable bonds is 4. The molecule has 2 aliphatic rings. The van der Waals surface area contributed by atoms with Gasteiger partial charge in [-0.25, -0.2) is 0 Å². The van der Waals surface area contributed by atoms with Gasteiger partial charge in [0.25, 0.3) is 11.1 Å². The quantitative estimate of drug-likeness (QED) is 0.607. The van der Waals surface area contributed by atoms with Crippen LogP contribution in [0.4, 0.5) is 4.79 Å². The third-order valence-corrected chi connectivity index (χ3v) is 6.18. The second kappa shape index (κ2) is 7.81. The normalized spacial score (nSPS) is 16.8. The van der Waals surface area contributed by atoms with Gasteiger partial charge in [-0.3, -0.25) is 14.5 Å². The average molecular weight is 499 g/mol. The number of ether oxygens (including phenoxy) is 3. The predicted octanol–water partition coefficient (Wildman–Crippen LogP) is 4.78. The van der Waals surface area contributed by atoms with Crippen LogP contribution < -0.4 is 14.2 Å². The number of nitrogens with zero attached hydrogens (tertiary/aromatic N) is 1. The van der Waals surface area contributed by atoms with E-state index in [1.54, 1.807) is 30.3 Å². The van der Waals surface area contributed by atoms with E-state index in [0.717, 1.165) is 16.7 Å². The lowest BCUT2D eigenvalue weighted by molar-refractivity contribution is -0.123. The molecule has 0 spiro atoms. The molecule has 2 aromatic rings. The van der Waals surface area contributed by atoms with Crippen molar-refractivity contribution >= 4 is 56.5 Å². The van der Waals surface area contributed by atoms with Crippen LogP contribution in [0.1, 0.15) is 11.1 Å². The third-order valence-electron chi connectivity index (χ3n) is 4.31. The minimum atomic E-state index is -0.433. The molecule has 1 saturated heterocycles. The maximum atomic E-state index is 12.8. The van der Waals surface area contributed by atoms with Crippen molar-refractivity contribution in [3.8, 4) is 23.0 Å². The number of carbonyl (C=O) groups is 2. The van der Waals surface area contributed by atoms with E-state index < -0.39 is 11.1 Å². The maximum absolute atomic E-state index is 12.8. The van der Waals surface area contributed by atoms with Gasteiger partial charge in [-0.15, -0.1) is 0 Å². The maximum Gasteiger partial charge on any atom is 0.293 e. The largest absolute Gasteiger partial charge is 0.503 e. The van der Waals surface area contributed by atoms with Gasteiger partial charge in [0.2, 0.25) is 6.79 Å². The Morgan fingerprint density at radius 2 is 2.00 bits per heavy atom. The van der Waals surface area contributed by atoms with Gasteiger partial charge >= 0.3 is 0 Å². The molecule has 2 heterocycles. The number of fused-ring (bicyclic) bond motifs is 1. The lowest BCUT2D eigenvalue weighted by atomic mass is 10.1. The zero-order chi connectivity index (χ0) is 20.7. The molecule has 2 aromatic carbocycles. The number of halogens is 2. The molecule has 0 atom stereocenters. The van der Waals surface area contributed by atoms with Crippen molar-refractivity contribution in [2.45, 2.75) is 6.54 Å². The Bertz CT molecular complexity index is 1070. The SMILES string of the molecule is COc1cc(/C=C2\SC(=O)N(Cc3cc4c(cc3Cl)OCO4)C2=O)cc(Br)c1O. The van der Waals surface area contributed by atoms with Gasteiger partial charge in [0.15, 0.2) is 23.0 Å². The summed E-state index contributed by atoms with van der Waals surface area (Å²) in [6.07, 6.45) is 1.57. The summed E-state index contributed by atoms with van der Waals surface area (Å²) in [6, 6.07) is 6.47. The van der Waals surface area contributed by atoms with Gasteiger partial charge in [-0.1, -0.05) is 11.6 Å². The number of phenols is 1. The molecule has 1 N–H and O–H groups in total. The van der Waals surface area contributed by atoms with Crippen LogP contribution in [0.2, 0.25) is 5.02 Å². The second-order valence-electron chi connectivity index (χ2n) is 6.12. The molecule has 0 radical (unpaired) electrons. The Labute approximate surface area is 183 Å². The van der Waals surface area contributed by atoms with E-state index in [1.807, 2.05) is 0 Å². The molecule has 0 bridgehead atoms. The van der Waals surface area contributed by atoms with Gasteiger partial charge < -0.3 is 19.3 Å². The summed E-state index contributed by atoms with van der Waals surface area (Å²) in [6.45, 7) is 0.116. The predicted molar refractivity (Wildman–Crippen MR) is 111 cm³/mol. The van der Waals surface area contributed by atoms with Crippen molar-refractivity contribution in [2.24, 2.45) is 0 Å². The van der Waals surface area contributed by atoms with E-state index in [-0.39, 0.29) is 29.7 Å². The molecule has 0 aromatic heterocycles. The summed E-state index contributed by atoms with van der Waals surface area (Å²) >= 11 is 10.3. The van der Waals surface area contributed by atoms with Crippen LogP contribution in [0, 0.1) is 0 Å². The molecule has 4 rings (SSSR count). The summed E-state index contributed by atoms with van der Waals surface area (Å²) in [4.78, 5) is 26.6. The molecule has 0 saturated carbocycles. The smallest absolute Gasteiger partial charge is 0.293 e. The fourth-order valence-corrected chi connectivity index (χ4v) is 4.38. The minimum Gasteiger partial charge on any atom is -0.503 e. The first kappa shape index (κ1) is 19.9. The Morgan fingerprint density at radius 3 is 2.72 bits per heavy atom. The fraction of sp³-hybridized carbons (Fsp3) is 0.158. The highest BCUT2D eigenvalue weighted by molar-refractivity contribution is 9.10. The van der Waals surface area contributed by atoms with Crippen molar-refractivity contribution in [1.29, 1.82) is 0 Å². The van der Waals surface area contributed by atoms with Gasteiger partial charge in [-0.05, 0) is 63.1 Å². The Kier molecular flexibility index (Phi) is 5.37. The molecule has 150 valence electrons. The summed E-state index contributed by atoms with van der Waals surface area (Å²) in [5.74, 6) is 0.816. The molecule has 10 heteroatoms. The van der Waals surface area contributed by atoms with Crippen molar-refractivity contribution in [3.05, 3.63) is 49.8 Å². The van der Waals surface area contributed by atoms with Crippen molar-refractivity contribution in [1.82, 2.24) is 4.90 Å². The van der Waals surface area contributed by atoms with Crippen LogP contribution in [0.5, 0.6) is 23.0 Å². The molecular weight excluding hydrogens is 486 g/mol. The van der Waals surface area contributed by atoms with Crippen molar-refractivity contribution in [2.75, 3.05) is 13.9 Å². The van der Waals surface area contributed by atoms with E-state index in [0.29, 0.717) is 32.1 Å². The molecule has 2 amide bonds. The number of carbonyl (C=O) groups excluding carboxylic acids is 2. The van der Waals surface area contributed by atoms with E-state index in [2.05, 4.69) is 15.9 Å². The summed E-state index contributed by atoms with van der Waals surface area (Å²) < 4.78 is 16.1. The number of thioether (sulfide) groups is 1. The highest BCUT2D eigenvalue weighted by Crippen LogP contribution is 2.40. The number of benzene rings is 2. The lowest BCUT2D eigenvalue weighted by Crippen LogP contribution is -2.27. The lowest BCUT2D eigenvalue weighted by Gasteiger charge is -2.14. The highest BCUT2D eigenvalue weighted by Gasteiger charge is 2.35. The number of hydrogen-bond acceptors (Lipinski definition) is 7. The summed E-state index contributed by atoms with van der Waals surface area (Å²) in [7, 11) is 1.42. The monoisotopic (exact) mass is 497 g/mol. The van der Waals surface area contributed by atoms with Crippen LogP contribution in [-0.4, -0.2) is 35.1 Å². The molecule has 7 nitrogen and oxygen atoms in total. The van der Waals surface area contributed by atoms with E-state index >= 15 is 0 Å². The Balaban J connectivity index is 1.60. The first-order valence-corrected chi connectivity index (χ1v) is 10.3. The van der Waals surface area contributed by atoms with E-state index in [1.165, 1.54) is 7.11 Å². The summed E-state index contributed by atoms with van der Waals surface area (Å²) in [5.41, 5.74) is 1.17. The molecule has 1 fully saturated rings. The zero-order valence-electron chi connectivity index (χ0n) is 14.9. The number of imide groups is 1.